The minimum Gasteiger partial charge on any atom is -0.325 e. The lowest BCUT2D eigenvalue weighted by molar-refractivity contribution is -0.118. The smallest absolute Gasteiger partial charge is 0.241 e. The van der Waals surface area contributed by atoms with Crippen LogP contribution in [0.15, 0.2) is 42.0 Å². The number of benzene rings is 1. The van der Waals surface area contributed by atoms with Gasteiger partial charge in [-0.1, -0.05) is 26.0 Å². The van der Waals surface area contributed by atoms with Crippen molar-refractivity contribution in [3.63, 3.8) is 0 Å². The molecule has 0 spiro atoms. The van der Waals surface area contributed by atoms with Crippen LogP contribution < -0.4 is 11.1 Å². The van der Waals surface area contributed by atoms with E-state index in [0.29, 0.717) is 0 Å². The third-order valence-electron chi connectivity index (χ3n) is 3.56. The van der Waals surface area contributed by atoms with Gasteiger partial charge < -0.3 is 11.1 Å². The lowest BCUT2D eigenvalue weighted by Crippen LogP contribution is -2.39. The maximum Gasteiger partial charge on any atom is 0.241 e. The normalized spacial score (nSPS) is 12.2. The van der Waals surface area contributed by atoms with Crippen molar-refractivity contribution in [1.82, 2.24) is 9.38 Å². The Kier molecular flexibility index (Phi) is 5.41. The highest BCUT2D eigenvalue weighted by molar-refractivity contribution is 7.15. The Morgan fingerprint density at radius 3 is 2.61 bits per heavy atom. The summed E-state index contributed by atoms with van der Waals surface area (Å²) in [5.41, 5.74) is 8.51. The van der Waals surface area contributed by atoms with Crippen molar-refractivity contribution >= 4 is 40.3 Å². The van der Waals surface area contributed by atoms with Gasteiger partial charge >= 0.3 is 0 Å². The Balaban J connectivity index is 0.00000192. The van der Waals surface area contributed by atoms with Crippen molar-refractivity contribution < 1.29 is 4.79 Å². The predicted octanol–water partition coefficient (Wildman–Crippen LogP) is 3.41. The zero-order valence-corrected chi connectivity index (χ0v) is 14.5. The van der Waals surface area contributed by atoms with Crippen LogP contribution in [0.2, 0.25) is 0 Å². The minimum atomic E-state index is -0.500. The molecule has 2 aromatic heterocycles. The highest BCUT2D eigenvalue weighted by Gasteiger charge is 2.17. The molecule has 0 bridgehead atoms. The van der Waals surface area contributed by atoms with Crippen LogP contribution in [0.1, 0.15) is 13.8 Å². The van der Waals surface area contributed by atoms with Gasteiger partial charge in [0.05, 0.1) is 11.7 Å². The van der Waals surface area contributed by atoms with E-state index in [1.165, 1.54) is 0 Å². The van der Waals surface area contributed by atoms with E-state index in [9.17, 15) is 4.79 Å². The zero-order chi connectivity index (χ0) is 15.7. The molecular formula is C16H19ClN4OS. The number of carbonyl (C=O) groups excluding carboxylic acids is 1. The molecule has 23 heavy (non-hydrogen) atoms. The molecule has 0 radical (unpaired) electrons. The SMILES string of the molecule is CC(C)C(N)C(=O)Nc1ccc(-c2cn3ccsc3n2)cc1.Cl. The summed E-state index contributed by atoms with van der Waals surface area (Å²) < 4.78 is 2.00. The topological polar surface area (TPSA) is 72.4 Å². The number of anilines is 1. The molecule has 0 fully saturated rings. The maximum absolute atomic E-state index is 11.9. The fourth-order valence-corrected chi connectivity index (χ4v) is 2.82. The average molecular weight is 351 g/mol. The van der Waals surface area contributed by atoms with Crippen molar-refractivity contribution in [1.29, 1.82) is 0 Å². The van der Waals surface area contributed by atoms with E-state index in [4.69, 9.17) is 5.73 Å². The van der Waals surface area contributed by atoms with Crippen LogP contribution in [-0.2, 0) is 4.79 Å². The van der Waals surface area contributed by atoms with E-state index < -0.39 is 6.04 Å². The van der Waals surface area contributed by atoms with Crippen LogP contribution >= 0.6 is 23.7 Å². The van der Waals surface area contributed by atoms with Gasteiger partial charge in [-0.3, -0.25) is 9.20 Å². The second kappa shape index (κ2) is 7.12. The summed E-state index contributed by atoms with van der Waals surface area (Å²) in [7, 11) is 0. The Morgan fingerprint density at radius 2 is 2.00 bits per heavy atom. The number of carbonyl (C=O) groups is 1. The molecule has 1 atom stereocenters. The van der Waals surface area contributed by atoms with E-state index >= 15 is 0 Å². The van der Waals surface area contributed by atoms with Gasteiger partial charge in [0.1, 0.15) is 0 Å². The van der Waals surface area contributed by atoms with Gasteiger partial charge in [-0.25, -0.2) is 4.98 Å². The first-order valence-electron chi connectivity index (χ1n) is 7.13. The number of nitrogens with one attached hydrogen (secondary N) is 1. The molecule has 5 nitrogen and oxygen atoms in total. The number of imidazole rings is 1. The van der Waals surface area contributed by atoms with Gasteiger partial charge in [0, 0.05) is 29.0 Å². The summed E-state index contributed by atoms with van der Waals surface area (Å²) in [6.07, 6.45) is 3.98. The Bertz CT molecular complexity index is 765. The monoisotopic (exact) mass is 350 g/mol. The fourth-order valence-electron chi connectivity index (χ4n) is 2.12. The van der Waals surface area contributed by atoms with Gasteiger partial charge in [-0.15, -0.1) is 23.7 Å². The second-order valence-corrected chi connectivity index (χ2v) is 6.43. The first-order valence-corrected chi connectivity index (χ1v) is 8.01. The first kappa shape index (κ1) is 17.5. The Morgan fingerprint density at radius 1 is 1.30 bits per heavy atom. The lowest BCUT2D eigenvalue weighted by atomic mass is 10.0. The molecule has 0 saturated carbocycles. The molecule has 3 N–H and O–H groups in total. The summed E-state index contributed by atoms with van der Waals surface area (Å²) in [6.45, 7) is 3.86. The second-order valence-electron chi connectivity index (χ2n) is 5.56. The Hall–Kier alpha value is -1.89. The molecule has 0 saturated heterocycles. The lowest BCUT2D eigenvalue weighted by Gasteiger charge is -2.15. The van der Waals surface area contributed by atoms with E-state index in [1.807, 2.05) is 60.3 Å². The molecule has 122 valence electrons. The molecular weight excluding hydrogens is 332 g/mol. The number of thiazole rings is 1. The number of halogens is 1. The Labute approximate surface area is 144 Å². The highest BCUT2D eigenvalue weighted by Crippen LogP contribution is 2.23. The fraction of sp³-hybridized carbons (Fsp3) is 0.250. The number of hydrogen-bond donors (Lipinski definition) is 2. The third-order valence-corrected chi connectivity index (χ3v) is 4.33. The predicted molar refractivity (Wildman–Crippen MR) is 97.2 cm³/mol. The van der Waals surface area contributed by atoms with Gasteiger partial charge in [0.2, 0.25) is 5.91 Å². The van der Waals surface area contributed by atoms with E-state index in [0.717, 1.165) is 21.9 Å². The number of amides is 1. The maximum atomic E-state index is 11.9. The highest BCUT2D eigenvalue weighted by atomic mass is 35.5. The van der Waals surface area contributed by atoms with Crippen LogP contribution in [0.3, 0.4) is 0 Å². The standard InChI is InChI=1S/C16H18N4OS.ClH/c1-10(2)14(17)15(21)18-12-5-3-11(4-6-12)13-9-20-7-8-22-16(20)19-13;/h3-10,14H,17H2,1-2H3,(H,18,21);1H. The van der Waals surface area contributed by atoms with Gasteiger partial charge in [-0.05, 0) is 18.1 Å². The number of rotatable bonds is 4. The molecule has 3 rings (SSSR count). The summed E-state index contributed by atoms with van der Waals surface area (Å²) >= 11 is 1.60. The summed E-state index contributed by atoms with van der Waals surface area (Å²) in [4.78, 5) is 17.5. The van der Waals surface area contributed by atoms with Crippen molar-refractivity contribution in [3.8, 4) is 11.3 Å². The summed E-state index contributed by atoms with van der Waals surface area (Å²) in [5.74, 6) is -0.0528. The van der Waals surface area contributed by atoms with Gasteiger partial charge in [0.15, 0.2) is 4.96 Å². The molecule has 1 amide bonds. The quantitative estimate of drug-likeness (QED) is 0.757. The number of fused-ring (bicyclic) bond motifs is 1. The molecule has 0 aliphatic heterocycles. The minimum absolute atomic E-state index is 0. The number of aromatic nitrogens is 2. The van der Waals surface area contributed by atoms with Gasteiger partial charge in [0.25, 0.3) is 0 Å². The molecule has 0 aliphatic carbocycles. The molecule has 1 unspecified atom stereocenters. The van der Waals surface area contributed by atoms with Crippen LogP contribution in [0, 0.1) is 5.92 Å². The summed E-state index contributed by atoms with van der Waals surface area (Å²) in [6, 6.07) is 7.13. The van der Waals surface area contributed by atoms with E-state index in [-0.39, 0.29) is 24.2 Å². The average Bonchev–Trinajstić information content (AvgIpc) is 3.08. The first-order chi connectivity index (χ1) is 10.5. The summed E-state index contributed by atoms with van der Waals surface area (Å²) in [5, 5.41) is 4.84. The van der Waals surface area contributed by atoms with Gasteiger partial charge in [-0.2, -0.15) is 0 Å². The number of hydrogen-bond acceptors (Lipinski definition) is 4. The third kappa shape index (κ3) is 3.72. The van der Waals surface area contributed by atoms with Crippen molar-refractivity contribution in [2.24, 2.45) is 11.7 Å². The van der Waals surface area contributed by atoms with Crippen LogP contribution in [-0.4, -0.2) is 21.3 Å². The van der Waals surface area contributed by atoms with Crippen molar-refractivity contribution in [2.45, 2.75) is 19.9 Å². The van der Waals surface area contributed by atoms with Crippen molar-refractivity contribution in [3.05, 3.63) is 42.0 Å². The van der Waals surface area contributed by atoms with E-state index in [2.05, 4.69) is 10.3 Å². The van der Waals surface area contributed by atoms with Crippen LogP contribution in [0.5, 0.6) is 0 Å². The molecule has 3 aromatic rings. The number of nitrogens with two attached hydrogens (primary N) is 1. The van der Waals surface area contributed by atoms with Crippen molar-refractivity contribution in [2.75, 3.05) is 5.32 Å². The zero-order valence-electron chi connectivity index (χ0n) is 12.9. The van der Waals surface area contributed by atoms with Crippen LogP contribution in [0.25, 0.3) is 16.2 Å². The largest absolute Gasteiger partial charge is 0.325 e. The number of nitrogens with zero attached hydrogens (tertiary/aromatic N) is 2. The molecule has 7 heteroatoms. The van der Waals surface area contributed by atoms with E-state index in [1.54, 1.807) is 11.3 Å². The molecule has 0 aliphatic rings. The molecule has 1 aromatic carbocycles. The van der Waals surface area contributed by atoms with Crippen LogP contribution in [0.4, 0.5) is 5.69 Å². The molecule has 2 heterocycles.